The van der Waals surface area contributed by atoms with E-state index in [1.165, 1.54) is 6.07 Å². The highest BCUT2D eigenvalue weighted by Gasteiger charge is 2.33. The minimum absolute atomic E-state index is 0.202. The maximum absolute atomic E-state index is 10.8. The maximum Gasteiger partial charge on any atom is 0.335 e. The quantitative estimate of drug-likeness (QED) is 0.709. The van der Waals surface area contributed by atoms with Gasteiger partial charge in [-0.25, -0.2) is 4.79 Å². The Hall–Kier alpha value is -1.59. The highest BCUT2D eigenvalue weighted by Crippen LogP contribution is 2.26. The van der Waals surface area contributed by atoms with Gasteiger partial charge in [0.2, 0.25) is 0 Å². The highest BCUT2D eigenvalue weighted by molar-refractivity contribution is 5.87. The maximum atomic E-state index is 10.8. The summed E-state index contributed by atoms with van der Waals surface area (Å²) in [6.07, 6.45) is 1.81. The zero-order valence-corrected chi connectivity index (χ0v) is 12.3. The molecule has 1 aromatic rings. The number of benzene rings is 1. The molecule has 21 heavy (non-hydrogen) atoms. The van der Waals surface area contributed by atoms with Crippen LogP contribution in [-0.2, 0) is 9.47 Å². The molecular weight excluding hydrogens is 272 g/mol. The van der Waals surface area contributed by atoms with Crippen LogP contribution >= 0.6 is 0 Å². The van der Waals surface area contributed by atoms with Gasteiger partial charge in [0.25, 0.3) is 0 Å². The molecule has 1 aliphatic heterocycles. The molecule has 0 atom stereocenters. The molecule has 5 nitrogen and oxygen atoms in total. The number of rotatable bonds is 9. The minimum atomic E-state index is -0.942. The molecule has 1 aliphatic rings. The third-order valence-corrected chi connectivity index (χ3v) is 3.38. The summed E-state index contributed by atoms with van der Waals surface area (Å²) in [6.45, 7) is 5.76. The van der Waals surface area contributed by atoms with Crippen molar-refractivity contribution in [3.8, 4) is 5.75 Å². The number of unbranched alkanes of at least 4 members (excludes halogenated alkanes) is 1. The lowest BCUT2D eigenvalue weighted by Crippen LogP contribution is -2.43. The molecule has 0 aliphatic carbocycles. The summed E-state index contributed by atoms with van der Waals surface area (Å²) in [6, 6.07) is 6.54. The van der Waals surface area contributed by atoms with Gasteiger partial charge in [-0.15, -0.1) is 0 Å². The Kier molecular flexibility index (Phi) is 5.59. The van der Waals surface area contributed by atoms with Crippen molar-refractivity contribution in [1.29, 1.82) is 0 Å². The SMILES string of the molecule is CC1(COCCCCOc2cccc(C(=O)O)c2)COC1. The van der Waals surface area contributed by atoms with Gasteiger partial charge in [0.15, 0.2) is 0 Å². The second-order valence-corrected chi connectivity index (χ2v) is 5.74. The third kappa shape index (κ3) is 5.02. The molecule has 1 saturated heterocycles. The first-order valence-corrected chi connectivity index (χ1v) is 7.21. The van der Waals surface area contributed by atoms with E-state index in [1.807, 2.05) is 0 Å². The number of carboxylic acid groups (broad SMARTS) is 1. The van der Waals surface area contributed by atoms with Crippen LogP contribution in [0.2, 0.25) is 0 Å². The monoisotopic (exact) mass is 294 g/mol. The number of carbonyl (C=O) groups is 1. The summed E-state index contributed by atoms with van der Waals surface area (Å²) in [7, 11) is 0. The highest BCUT2D eigenvalue weighted by atomic mass is 16.5. The van der Waals surface area contributed by atoms with Crippen LogP contribution < -0.4 is 4.74 Å². The first-order chi connectivity index (χ1) is 10.1. The second-order valence-electron chi connectivity index (χ2n) is 5.74. The standard InChI is InChI=1S/C16H22O5/c1-16(11-20-12-16)10-19-7-2-3-8-21-14-6-4-5-13(9-14)15(17)18/h4-6,9H,2-3,7-8,10-12H2,1H3,(H,17,18). The van der Waals surface area contributed by atoms with E-state index in [0.717, 1.165) is 32.7 Å². The zero-order chi connectivity index (χ0) is 15.1. The molecule has 0 radical (unpaired) electrons. The van der Waals surface area contributed by atoms with Gasteiger partial charge in [-0.2, -0.15) is 0 Å². The molecule has 116 valence electrons. The van der Waals surface area contributed by atoms with Crippen molar-refractivity contribution in [2.45, 2.75) is 19.8 Å². The molecule has 0 aromatic heterocycles. The number of hydrogen-bond acceptors (Lipinski definition) is 4. The Morgan fingerprint density at radius 1 is 1.33 bits per heavy atom. The van der Waals surface area contributed by atoms with Crippen molar-refractivity contribution in [3.63, 3.8) is 0 Å². The number of aromatic carboxylic acids is 1. The van der Waals surface area contributed by atoms with Crippen LogP contribution in [0, 0.1) is 5.41 Å². The van der Waals surface area contributed by atoms with Crippen LogP contribution in [0.25, 0.3) is 0 Å². The molecule has 2 rings (SSSR count). The molecule has 1 aromatic carbocycles. The Bertz CT molecular complexity index is 467. The summed E-state index contributed by atoms with van der Waals surface area (Å²) in [5.41, 5.74) is 0.445. The average molecular weight is 294 g/mol. The molecule has 0 bridgehead atoms. The third-order valence-electron chi connectivity index (χ3n) is 3.38. The summed E-state index contributed by atoms with van der Waals surface area (Å²) in [4.78, 5) is 10.8. The normalized spacial score (nSPS) is 16.2. The van der Waals surface area contributed by atoms with E-state index in [4.69, 9.17) is 19.3 Å². The molecule has 0 unspecified atom stereocenters. The van der Waals surface area contributed by atoms with Gasteiger partial charge in [0.05, 0.1) is 32.0 Å². The van der Waals surface area contributed by atoms with Gasteiger partial charge in [0, 0.05) is 12.0 Å². The van der Waals surface area contributed by atoms with Gasteiger partial charge in [-0.3, -0.25) is 0 Å². The van der Waals surface area contributed by atoms with Crippen molar-refractivity contribution in [3.05, 3.63) is 29.8 Å². The van der Waals surface area contributed by atoms with Crippen LogP contribution in [0.5, 0.6) is 5.75 Å². The molecule has 5 heteroatoms. The molecule has 1 fully saturated rings. The van der Waals surface area contributed by atoms with E-state index in [9.17, 15) is 4.79 Å². The average Bonchev–Trinajstić information content (AvgIpc) is 2.44. The fraction of sp³-hybridized carbons (Fsp3) is 0.562. The second kappa shape index (κ2) is 7.43. The Morgan fingerprint density at radius 2 is 2.10 bits per heavy atom. The first-order valence-electron chi connectivity index (χ1n) is 7.21. The lowest BCUT2D eigenvalue weighted by molar-refractivity contribution is -0.138. The minimum Gasteiger partial charge on any atom is -0.494 e. The van der Waals surface area contributed by atoms with Gasteiger partial charge in [-0.1, -0.05) is 13.0 Å². The Labute approximate surface area is 124 Å². The van der Waals surface area contributed by atoms with E-state index in [1.54, 1.807) is 18.2 Å². The number of ether oxygens (including phenoxy) is 3. The Morgan fingerprint density at radius 3 is 2.76 bits per heavy atom. The first kappa shape index (κ1) is 15.8. The van der Waals surface area contributed by atoms with Crippen molar-refractivity contribution in [1.82, 2.24) is 0 Å². The van der Waals surface area contributed by atoms with Gasteiger partial charge >= 0.3 is 5.97 Å². The molecule has 0 spiro atoms. The van der Waals surface area contributed by atoms with Gasteiger partial charge in [-0.05, 0) is 31.0 Å². The smallest absolute Gasteiger partial charge is 0.335 e. The molecule has 1 N–H and O–H groups in total. The predicted octanol–water partition coefficient (Wildman–Crippen LogP) is 2.60. The molecule has 1 heterocycles. The largest absolute Gasteiger partial charge is 0.494 e. The van der Waals surface area contributed by atoms with Crippen LogP contribution in [0.15, 0.2) is 24.3 Å². The van der Waals surface area contributed by atoms with Gasteiger partial charge in [0.1, 0.15) is 5.75 Å². The van der Waals surface area contributed by atoms with E-state index in [0.29, 0.717) is 19.0 Å². The van der Waals surface area contributed by atoms with Crippen LogP contribution in [-0.4, -0.2) is 44.1 Å². The summed E-state index contributed by atoms with van der Waals surface area (Å²) in [5.74, 6) is -0.350. The van der Waals surface area contributed by atoms with E-state index in [-0.39, 0.29) is 11.0 Å². The van der Waals surface area contributed by atoms with Crippen molar-refractivity contribution >= 4 is 5.97 Å². The molecular formula is C16H22O5. The Balaban J connectivity index is 1.55. The van der Waals surface area contributed by atoms with Crippen LogP contribution in [0.4, 0.5) is 0 Å². The lowest BCUT2D eigenvalue weighted by atomic mass is 9.90. The van der Waals surface area contributed by atoms with E-state index in [2.05, 4.69) is 6.92 Å². The van der Waals surface area contributed by atoms with Crippen molar-refractivity contribution in [2.24, 2.45) is 5.41 Å². The number of carboxylic acids is 1. The van der Waals surface area contributed by atoms with Crippen molar-refractivity contribution < 1.29 is 24.1 Å². The molecule has 0 saturated carbocycles. The lowest BCUT2D eigenvalue weighted by Gasteiger charge is -2.37. The zero-order valence-electron chi connectivity index (χ0n) is 12.3. The fourth-order valence-electron chi connectivity index (χ4n) is 2.07. The van der Waals surface area contributed by atoms with Gasteiger partial charge < -0.3 is 19.3 Å². The summed E-state index contributed by atoms with van der Waals surface area (Å²) < 4.78 is 16.3. The summed E-state index contributed by atoms with van der Waals surface area (Å²) >= 11 is 0. The van der Waals surface area contributed by atoms with E-state index >= 15 is 0 Å². The number of hydrogen-bond donors (Lipinski definition) is 1. The fourth-order valence-corrected chi connectivity index (χ4v) is 2.07. The van der Waals surface area contributed by atoms with Crippen molar-refractivity contribution in [2.75, 3.05) is 33.0 Å². The van der Waals surface area contributed by atoms with Crippen LogP contribution in [0.1, 0.15) is 30.1 Å². The topological polar surface area (TPSA) is 65.0 Å². The molecule has 0 amide bonds. The summed E-state index contributed by atoms with van der Waals surface area (Å²) in [5, 5.41) is 8.89. The predicted molar refractivity (Wildman–Crippen MR) is 77.9 cm³/mol. The van der Waals surface area contributed by atoms with E-state index < -0.39 is 5.97 Å². The van der Waals surface area contributed by atoms with Crippen LogP contribution in [0.3, 0.4) is 0 Å².